The monoisotopic (exact) mass is 360 g/mol. The summed E-state index contributed by atoms with van der Waals surface area (Å²) in [5, 5.41) is 2.90. The number of anilines is 2. The maximum atomic E-state index is 12.5. The minimum absolute atomic E-state index is 0.134. The molecule has 0 aromatic heterocycles. The largest absolute Gasteiger partial charge is 0.381 e. The Labute approximate surface area is 154 Å². The molecule has 2 aliphatic rings. The van der Waals surface area contributed by atoms with Crippen LogP contribution in [0.2, 0.25) is 0 Å². The first-order chi connectivity index (χ1) is 12.6. The smallest absolute Gasteiger partial charge is 0.250 e. The number of nitrogens with one attached hydrogen (secondary N) is 1. The highest BCUT2D eigenvalue weighted by molar-refractivity contribution is 6.01. The molecule has 1 aromatic carbocycles. The van der Waals surface area contributed by atoms with Crippen LogP contribution in [0.1, 0.15) is 42.5 Å². The van der Waals surface area contributed by atoms with Gasteiger partial charge in [0.05, 0.1) is 17.3 Å². The zero-order valence-corrected chi connectivity index (χ0v) is 15.1. The lowest BCUT2D eigenvalue weighted by Crippen LogP contribution is -2.44. The molecule has 1 aromatic rings. The van der Waals surface area contributed by atoms with Crippen LogP contribution in [0.25, 0.3) is 0 Å². The molecule has 0 spiro atoms. The van der Waals surface area contributed by atoms with Crippen molar-refractivity contribution in [1.29, 1.82) is 0 Å². The van der Waals surface area contributed by atoms with Crippen LogP contribution in [0.4, 0.5) is 11.4 Å². The summed E-state index contributed by atoms with van der Waals surface area (Å²) in [6, 6.07) is 4.66. The lowest BCUT2D eigenvalue weighted by molar-refractivity contribution is -0.119. The number of carbonyl (C=O) groups excluding carboxylic acids is 2. The van der Waals surface area contributed by atoms with Crippen LogP contribution in [-0.4, -0.2) is 44.2 Å². The van der Waals surface area contributed by atoms with E-state index in [0.29, 0.717) is 24.5 Å². The van der Waals surface area contributed by atoms with Crippen molar-refractivity contribution in [3.8, 4) is 0 Å². The van der Waals surface area contributed by atoms with Crippen molar-refractivity contribution < 1.29 is 14.3 Å². The molecule has 5 N–H and O–H groups in total. The highest BCUT2D eigenvalue weighted by Gasteiger charge is 2.27. The molecule has 0 aliphatic carbocycles. The first-order valence-corrected chi connectivity index (χ1v) is 9.39. The van der Waals surface area contributed by atoms with E-state index in [1.54, 1.807) is 12.1 Å². The van der Waals surface area contributed by atoms with Gasteiger partial charge in [0, 0.05) is 32.0 Å². The first kappa shape index (κ1) is 18.7. The molecule has 0 radical (unpaired) electrons. The van der Waals surface area contributed by atoms with Crippen molar-refractivity contribution in [3.05, 3.63) is 23.8 Å². The van der Waals surface area contributed by atoms with Gasteiger partial charge in [0.2, 0.25) is 5.91 Å². The molecule has 2 amide bonds. The van der Waals surface area contributed by atoms with Crippen LogP contribution < -0.4 is 21.7 Å². The number of piperidine rings is 1. The zero-order valence-electron chi connectivity index (χ0n) is 15.1. The van der Waals surface area contributed by atoms with Gasteiger partial charge in [0.15, 0.2) is 0 Å². The molecule has 7 heteroatoms. The molecule has 26 heavy (non-hydrogen) atoms. The molecule has 7 nitrogen and oxygen atoms in total. The Morgan fingerprint density at radius 3 is 2.50 bits per heavy atom. The number of carbonyl (C=O) groups is 2. The topological polar surface area (TPSA) is 111 Å². The van der Waals surface area contributed by atoms with Crippen molar-refractivity contribution in [2.45, 2.75) is 38.1 Å². The Morgan fingerprint density at radius 2 is 1.85 bits per heavy atom. The van der Waals surface area contributed by atoms with Crippen LogP contribution in [0.15, 0.2) is 18.2 Å². The van der Waals surface area contributed by atoms with E-state index in [1.807, 2.05) is 6.07 Å². The maximum absolute atomic E-state index is 12.5. The second-order valence-corrected chi connectivity index (χ2v) is 7.11. The Balaban J connectivity index is 1.74. The van der Waals surface area contributed by atoms with Gasteiger partial charge in [-0.3, -0.25) is 9.59 Å². The standard InChI is InChI=1S/C19H28N4O3/c20-17(13-6-10-26-11-7-13)19(25)22-14-4-5-15(18(21)24)16(12-14)23-8-2-1-3-9-23/h4-5,12-13,17H,1-3,6-11,20H2,(H2,21,24)(H,22,25). The van der Waals surface area contributed by atoms with Gasteiger partial charge in [-0.05, 0) is 56.2 Å². The lowest BCUT2D eigenvalue weighted by Gasteiger charge is -2.30. The van der Waals surface area contributed by atoms with Gasteiger partial charge in [-0.25, -0.2) is 0 Å². The van der Waals surface area contributed by atoms with Crippen molar-refractivity contribution in [2.75, 3.05) is 36.5 Å². The van der Waals surface area contributed by atoms with Gasteiger partial charge in [-0.15, -0.1) is 0 Å². The van der Waals surface area contributed by atoms with Gasteiger partial charge < -0.3 is 26.4 Å². The van der Waals surface area contributed by atoms with Crippen molar-refractivity contribution in [3.63, 3.8) is 0 Å². The third-order valence-electron chi connectivity index (χ3n) is 5.30. The number of hydrogen-bond donors (Lipinski definition) is 3. The number of primary amides is 1. The summed E-state index contributed by atoms with van der Waals surface area (Å²) in [4.78, 5) is 26.5. The number of amides is 2. The Bertz CT molecular complexity index is 652. The summed E-state index contributed by atoms with van der Waals surface area (Å²) in [5.74, 6) is -0.522. The van der Waals surface area contributed by atoms with Gasteiger partial charge in [0.25, 0.3) is 5.91 Å². The predicted molar refractivity (Wildman–Crippen MR) is 101 cm³/mol. The molecular formula is C19H28N4O3. The van der Waals surface area contributed by atoms with Gasteiger partial charge in [-0.1, -0.05) is 0 Å². The molecule has 142 valence electrons. The number of nitrogens with zero attached hydrogens (tertiary/aromatic N) is 1. The molecule has 0 bridgehead atoms. The summed E-state index contributed by atoms with van der Waals surface area (Å²) >= 11 is 0. The molecule has 2 saturated heterocycles. The van der Waals surface area contributed by atoms with Crippen LogP contribution in [0.3, 0.4) is 0 Å². The van der Waals surface area contributed by atoms with Gasteiger partial charge in [0.1, 0.15) is 0 Å². The summed E-state index contributed by atoms with van der Waals surface area (Å²) in [5.41, 5.74) is 13.6. The maximum Gasteiger partial charge on any atom is 0.250 e. The SMILES string of the molecule is NC(=O)c1ccc(NC(=O)C(N)C2CCOCC2)cc1N1CCCCC1. The van der Waals surface area contributed by atoms with E-state index < -0.39 is 11.9 Å². The quantitative estimate of drug-likeness (QED) is 0.736. The molecule has 0 saturated carbocycles. The van der Waals surface area contributed by atoms with E-state index in [2.05, 4.69) is 10.2 Å². The van der Waals surface area contributed by atoms with Crippen molar-refractivity contribution in [2.24, 2.45) is 17.4 Å². The van der Waals surface area contributed by atoms with Crippen LogP contribution in [-0.2, 0) is 9.53 Å². The highest BCUT2D eigenvalue weighted by Crippen LogP contribution is 2.28. The number of ether oxygens (including phenoxy) is 1. The summed E-state index contributed by atoms with van der Waals surface area (Å²) in [6.07, 6.45) is 4.97. The fraction of sp³-hybridized carbons (Fsp3) is 0.579. The Hall–Kier alpha value is -2.12. The number of benzene rings is 1. The van der Waals surface area contributed by atoms with E-state index in [-0.39, 0.29) is 11.8 Å². The fourth-order valence-corrected chi connectivity index (χ4v) is 3.73. The molecule has 3 rings (SSSR count). The van der Waals surface area contributed by atoms with Crippen LogP contribution >= 0.6 is 0 Å². The van der Waals surface area contributed by atoms with Gasteiger partial charge in [-0.2, -0.15) is 0 Å². The van der Waals surface area contributed by atoms with Crippen molar-refractivity contribution >= 4 is 23.2 Å². The molecule has 2 fully saturated rings. The average molecular weight is 360 g/mol. The third-order valence-corrected chi connectivity index (χ3v) is 5.30. The third kappa shape index (κ3) is 4.34. The van der Waals surface area contributed by atoms with E-state index in [4.69, 9.17) is 16.2 Å². The molecule has 2 heterocycles. The molecular weight excluding hydrogens is 332 g/mol. The fourth-order valence-electron chi connectivity index (χ4n) is 3.73. The summed E-state index contributed by atoms with van der Waals surface area (Å²) in [6.45, 7) is 3.08. The first-order valence-electron chi connectivity index (χ1n) is 9.39. The normalized spacial score (nSPS) is 19.8. The summed E-state index contributed by atoms with van der Waals surface area (Å²) in [7, 11) is 0. The predicted octanol–water partition coefficient (Wildman–Crippen LogP) is 1.47. The number of nitrogens with two attached hydrogens (primary N) is 2. The van der Waals surface area contributed by atoms with Gasteiger partial charge >= 0.3 is 0 Å². The van der Waals surface area contributed by atoms with E-state index >= 15 is 0 Å². The van der Waals surface area contributed by atoms with Crippen molar-refractivity contribution in [1.82, 2.24) is 0 Å². The molecule has 1 unspecified atom stereocenters. The minimum Gasteiger partial charge on any atom is -0.381 e. The second-order valence-electron chi connectivity index (χ2n) is 7.11. The second kappa shape index (κ2) is 8.51. The minimum atomic E-state index is -0.562. The number of hydrogen-bond acceptors (Lipinski definition) is 5. The molecule has 1 atom stereocenters. The Kier molecular flexibility index (Phi) is 6.11. The average Bonchev–Trinajstić information content (AvgIpc) is 2.68. The summed E-state index contributed by atoms with van der Waals surface area (Å²) < 4.78 is 5.33. The van der Waals surface area contributed by atoms with E-state index in [1.165, 1.54) is 6.42 Å². The van der Waals surface area contributed by atoms with E-state index in [0.717, 1.165) is 44.5 Å². The zero-order chi connectivity index (χ0) is 18.5. The lowest BCUT2D eigenvalue weighted by atomic mass is 9.92. The van der Waals surface area contributed by atoms with Crippen LogP contribution in [0, 0.1) is 5.92 Å². The number of rotatable bonds is 5. The van der Waals surface area contributed by atoms with Crippen LogP contribution in [0.5, 0.6) is 0 Å². The van der Waals surface area contributed by atoms with E-state index in [9.17, 15) is 9.59 Å². The Morgan fingerprint density at radius 1 is 1.15 bits per heavy atom. The highest BCUT2D eigenvalue weighted by atomic mass is 16.5. The molecule has 2 aliphatic heterocycles.